The van der Waals surface area contributed by atoms with Gasteiger partial charge in [0, 0.05) is 6.07 Å². The third-order valence-corrected chi connectivity index (χ3v) is 3.09. The number of nitro benzene ring substituents is 1. The molecule has 19 heavy (non-hydrogen) atoms. The highest BCUT2D eigenvalue weighted by molar-refractivity contribution is 5.76. The number of rotatable bonds is 2. The van der Waals surface area contributed by atoms with Crippen LogP contribution in [0, 0.1) is 16.2 Å². The summed E-state index contributed by atoms with van der Waals surface area (Å²) in [5, 5.41) is 11.0. The number of hydrogen-bond acceptors (Lipinski definition) is 2. The topological polar surface area (TPSA) is 43.1 Å². The van der Waals surface area contributed by atoms with Crippen LogP contribution in [0.4, 0.5) is 5.69 Å². The zero-order valence-corrected chi connectivity index (χ0v) is 10.0. The Hall–Kier alpha value is -2.68. The Labute approximate surface area is 110 Å². The lowest BCUT2D eigenvalue weighted by molar-refractivity contribution is -0.384. The highest BCUT2D eigenvalue weighted by atomic mass is 16.6. The lowest BCUT2D eigenvalue weighted by Gasteiger charge is -1.99. The molecule has 3 rings (SSSR count). The van der Waals surface area contributed by atoms with Gasteiger partial charge in [-0.15, -0.1) is 0 Å². The summed E-state index contributed by atoms with van der Waals surface area (Å²) in [5.41, 5.74) is 3.62. The quantitative estimate of drug-likeness (QED) is 0.504. The molecule has 91 valence electrons. The van der Waals surface area contributed by atoms with Gasteiger partial charge in [0.25, 0.3) is 5.69 Å². The number of nitro groups is 1. The first-order chi connectivity index (χ1) is 9.25. The molecule has 0 saturated carbocycles. The molecule has 0 saturated heterocycles. The molecule has 0 aliphatic heterocycles. The monoisotopic (exact) mass is 248 g/mol. The van der Waals surface area contributed by atoms with Crippen molar-refractivity contribution in [1.82, 2.24) is 0 Å². The van der Waals surface area contributed by atoms with Crippen LogP contribution in [-0.2, 0) is 0 Å². The lowest BCUT2D eigenvalue weighted by atomic mass is 10.1. The van der Waals surface area contributed by atoms with Gasteiger partial charge in [0.2, 0.25) is 0 Å². The molecule has 2 aliphatic rings. The standard InChI is InChI=1S/C16H10NO2/c18-17(19)16-7-2-1-6-15(16)14-10-8-12-4-3-5-13(12)9-11-14/h1-5,7-11H. The Morgan fingerprint density at radius 1 is 0.842 bits per heavy atom. The van der Waals surface area contributed by atoms with Gasteiger partial charge in [-0.25, -0.2) is 0 Å². The second kappa shape index (κ2) is 4.53. The van der Waals surface area contributed by atoms with Crippen LogP contribution in [0.2, 0.25) is 0 Å². The first-order valence-corrected chi connectivity index (χ1v) is 5.90. The molecule has 1 radical (unpaired) electrons. The fourth-order valence-electron chi connectivity index (χ4n) is 2.14. The molecule has 3 heteroatoms. The molecular formula is C16H10NO2. The molecule has 2 aliphatic carbocycles. The highest BCUT2D eigenvalue weighted by Crippen LogP contribution is 2.31. The third-order valence-electron chi connectivity index (χ3n) is 3.09. The number of nitrogens with zero attached hydrogens (tertiary/aromatic N) is 1. The largest absolute Gasteiger partial charge is 0.277 e. The summed E-state index contributed by atoms with van der Waals surface area (Å²) in [6.45, 7) is 0. The molecule has 0 aromatic heterocycles. The summed E-state index contributed by atoms with van der Waals surface area (Å²) in [6.07, 6.45) is 0. The molecule has 0 spiro atoms. The van der Waals surface area contributed by atoms with Gasteiger partial charge in [-0.05, 0) is 22.8 Å². The molecule has 0 fully saturated rings. The minimum atomic E-state index is -0.376. The van der Waals surface area contributed by atoms with Crippen molar-refractivity contribution in [3.8, 4) is 22.3 Å². The van der Waals surface area contributed by atoms with Crippen LogP contribution in [0.15, 0.2) is 60.7 Å². The Morgan fingerprint density at radius 3 is 2.11 bits per heavy atom. The second-order valence-electron chi connectivity index (χ2n) is 4.25. The predicted molar refractivity (Wildman–Crippen MR) is 74.0 cm³/mol. The number of fused-ring (bicyclic) bond motifs is 1. The maximum Gasteiger partial charge on any atom is 0.277 e. The summed E-state index contributed by atoms with van der Waals surface area (Å²) in [6, 6.07) is 21.5. The van der Waals surface area contributed by atoms with Crippen molar-refractivity contribution in [3.05, 3.63) is 76.8 Å². The van der Waals surface area contributed by atoms with Gasteiger partial charge in [-0.3, -0.25) is 10.1 Å². The van der Waals surface area contributed by atoms with Crippen molar-refractivity contribution in [2.24, 2.45) is 0 Å². The van der Waals surface area contributed by atoms with Gasteiger partial charge in [0.1, 0.15) is 0 Å². The van der Waals surface area contributed by atoms with Crippen LogP contribution in [0.5, 0.6) is 0 Å². The van der Waals surface area contributed by atoms with Gasteiger partial charge in [0.15, 0.2) is 0 Å². The van der Waals surface area contributed by atoms with Crippen molar-refractivity contribution < 1.29 is 4.92 Å². The van der Waals surface area contributed by atoms with E-state index in [-0.39, 0.29) is 10.6 Å². The summed E-state index contributed by atoms with van der Waals surface area (Å²) >= 11 is 0. The van der Waals surface area contributed by atoms with Crippen LogP contribution in [-0.4, -0.2) is 4.92 Å². The van der Waals surface area contributed by atoms with E-state index in [1.54, 1.807) is 12.1 Å². The minimum Gasteiger partial charge on any atom is -0.258 e. The molecule has 0 atom stereocenters. The Morgan fingerprint density at radius 2 is 1.47 bits per heavy atom. The van der Waals surface area contributed by atoms with Gasteiger partial charge < -0.3 is 0 Å². The molecule has 0 bridgehead atoms. The first-order valence-electron chi connectivity index (χ1n) is 5.90. The molecule has 0 amide bonds. The average molecular weight is 248 g/mol. The molecular weight excluding hydrogens is 238 g/mol. The van der Waals surface area contributed by atoms with Gasteiger partial charge >= 0.3 is 0 Å². The Bertz CT molecular complexity index is 691. The van der Waals surface area contributed by atoms with E-state index in [1.807, 2.05) is 42.5 Å². The SMILES string of the molecule is O=[N+]([O-])c1ccc[c]c1-c1ccc2cccc-2cc1. The van der Waals surface area contributed by atoms with Crippen LogP contribution >= 0.6 is 0 Å². The van der Waals surface area contributed by atoms with Crippen molar-refractivity contribution in [1.29, 1.82) is 0 Å². The molecule has 0 heterocycles. The van der Waals surface area contributed by atoms with Crippen molar-refractivity contribution in [2.75, 3.05) is 0 Å². The van der Waals surface area contributed by atoms with E-state index in [9.17, 15) is 10.1 Å². The molecule has 0 unspecified atom stereocenters. The maximum absolute atomic E-state index is 11.0. The number of benzene rings is 1. The van der Waals surface area contributed by atoms with Gasteiger partial charge in [-0.2, -0.15) is 0 Å². The van der Waals surface area contributed by atoms with E-state index < -0.39 is 0 Å². The maximum atomic E-state index is 11.0. The molecule has 0 N–H and O–H groups in total. The van der Waals surface area contributed by atoms with E-state index in [4.69, 9.17) is 0 Å². The van der Waals surface area contributed by atoms with Gasteiger partial charge in [-0.1, -0.05) is 54.6 Å². The van der Waals surface area contributed by atoms with Crippen LogP contribution in [0.1, 0.15) is 0 Å². The second-order valence-corrected chi connectivity index (χ2v) is 4.25. The smallest absolute Gasteiger partial charge is 0.258 e. The summed E-state index contributed by atoms with van der Waals surface area (Å²) < 4.78 is 0. The number of hydrogen-bond donors (Lipinski definition) is 0. The van der Waals surface area contributed by atoms with E-state index >= 15 is 0 Å². The molecule has 1 aromatic rings. The normalized spacial score (nSPS) is 10.5. The van der Waals surface area contributed by atoms with E-state index in [2.05, 4.69) is 6.07 Å². The Kier molecular flexibility index (Phi) is 2.72. The summed E-state index contributed by atoms with van der Waals surface area (Å²) in [4.78, 5) is 10.7. The minimum absolute atomic E-state index is 0.0772. The first kappa shape index (κ1) is 11.4. The molecule has 1 aromatic carbocycles. The summed E-state index contributed by atoms with van der Waals surface area (Å²) in [7, 11) is 0. The zero-order chi connectivity index (χ0) is 13.2. The summed E-state index contributed by atoms with van der Waals surface area (Å²) in [5.74, 6) is 0. The Balaban J connectivity index is 2.20. The van der Waals surface area contributed by atoms with Crippen LogP contribution < -0.4 is 0 Å². The predicted octanol–water partition coefficient (Wildman–Crippen LogP) is 4.17. The lowest BCUT2D eigenvalue weighted by Crippen LogP contribution is -1.90. The van der Waals surface area contributed by atoms with E-state index in [0.29, 0.717) is 5.56 Å². The fraction of sp³-hybridized carbons (Fsp3) is 0. The van der Waals surface area contributed by atoms with Crippen LogP contribution in [0.3, 0.4) is 0 Å². The van der Waals surface area contributed by atoms with Crippen molar-refractivity contribution in [2.45, 2.75) is 0 Å². The highest BCUT2D eigenvalue weighted by Gasteiger charge is 2.14. The van der Waals surface area contributed by atoms with Crippen molar-refractivity contribution in [3.63, 3.8) is 0 Å². The van der Waals surface area contributed by atoms with E-state index in [0.717, 1.165) is 16.7 Å². The third kappa shape index (κ3) is 2.06. The average Bonchev–Trinajstić information content (AvgIpc) is 2.78. The van der Waals surface area contributed by atoms with E-state index in [1.165, 1.54) is 6.07 Å². The molecule has 3 nitrogen and oxygen atoms in total. The van der Waals surface area contributed by atoms with Gasteiger partial charge in [0.05, 0.1) is 10.5 Å². The van der Waals surface area contributed by atoms with Crippen LogP contribution in [0.25, 0.3) is 22.3 Å². The zero-order valence-electron chi connectivity index (χ0n) is 10.0. The fourth-order valence-corrected chi connectivity index (χ4v) is 2.14. The van der Waals surface area contributed by atoms with Crippen molar-refractivity contribution >= 4 is 5.69 Å².